The van der Waals surface area contributed by atoms with Crippen LogP contribution >= 0.6 is 11.8 Å². The number of carboxylic acid groups (broad SMARTS) is 1. The highest BCUT2D eigenvalue weighted by atomic mass is 32.2. The SMILES string of the molecule is Nc1ncnc2c1ncn2[C@@H]1O[C@H](CS[C@@H]2CN[C@H](C(=O)O)C2)[C@@H](O)[C@H]1O. The van der Waals surface area contributed by atoms with Crippen molar-refractivity contribution < 1.29 is 24.9 Å². The summed E-state index contributed by atoms with van der Waals surface area (Å²) < 4.78 is 7.41. The van der Waals surface area contributed by atoms with Crippen molar-refractivity contribution in [3.8, 4) is 0 Å². The first kappa shape index (κ1) is 18.4. The van der Waals surface area contributed by atoms with Crippen LogP contribution in [-0.2, 0) is 9.53 Å². The first-order valence-corrected chi connectivity index (χ1v) is 9.53. The van der Waals surface area contributed by atoms with E-state index in [1.807, 2.05) is 0 Å². The number of aliphatic carboxylic acids is 1. The second kappa shape index (κ2) is 7.20. The summed E-state index contributed by atoms with van der Waals surface area (Å²) in [5.41, 5.74) is 6.59. The smallest absolute Gasteiger partial charge is 0.320 e. The maximum atomic E-state index is 11.0. The van der Waals surface area contributed by atoms with Gasteiger partial charge in [0.25, 0.3) is 0 Å². The van der Waals surface area contributed by atoms with Gasteiger partial charge in [-0.2, -0.15) is 11.8 Å². The van der Waals surface area contributed by atoms with Crippen molar-refractivity contribution in [1.29, 1.82) is 0 Å². The minimum absolute atomic E-state index is 0.111. The molecule has 27 heavy (non-hydrogen) atoms. The lowest BCUT2D eigenvalue weighted by Crippen LogP contribution is -2.33. The number of hydrogen-bond acceptors (Lipinski definition) is 10. The standard InChI is InChI=1S/C15H20N6O5S/c16-12-9-13(19-4-18-12)21(5-20-9)14-11(23)10(22)8(26-14)3-27-6-1-7(15(24)25)17-2-6/h4-8,10-11,14,17,22-23H,1-3H2,(H,24,25)(H2,16,18,19)/t6-,7-,8+,10+,11+,14+/m0/s1. The van der Waals surface area contributed by atoms with Crippen LogP contribution < -0.4 is 11.1 Å². The summed E-state index contributed by atoms with van der Waals surface area (Å²) in [5.74, 6) is -0.212. The third-order valence-corrected chi connectivity index (χ3v) is 6.23. The highest BCUT2D eigenvalue weighted by Gasteiger charge is 2.44. The molecular formula is C15H20N6O5S. The normalized spacial score (nSPS) is 33.7. The van der Waals surface area contributed by atoms with E-state index in [2.05, 4.69) is 20.3 Å². The predicted octanol–water partition coefficient (Wildman–Crippen LogP) is -1.42. The molecule has 0 aliphatic carbocycles. The van der Waals surface area contributed by atoms with E-state index < -0.39 is 36.6 Å². The van der Waals surface area contributed by atoms with Gasteiger partial charge in [-0.1, -0.05) is 0 Å². The van der Waals surface area contributed by atoms with Crippen molar-refractivity contribution in [2.75, 3.05) is 18.0 Å². The molecule has 11 nitrogen and oxygen atoms in total. The van der Waals surface area contributed by atoms with Gasteiger partial charge in [-0.15, -0.1) is 0 Å². The molecule has 2 fully saturated rings. The fourth-order valence-corrected chi connectivity index (χ4v) is 4.68. The molecule has 146 valence electrons. The van der Waals surface area contributed by atoms with E-state index in [0.717, 1.165) is 0 Å². The Morgan fingerprint density at radius 1 is 1.37 bits per heavy atom. The fraction of sp³-hybridized carbons (Fsp3) is 0.600. The number of hydrogen-bond donors (Lipinski definition) is 5. The molecule has 0 bridgehead atoms. The number of thioether (sulfide) groups is 1. The Hall–Kier alpha value is -1.99. The number of rotatable bonds is 5. The van der Waals surface area contributed by atoms with Crippen LogP contribution in [0.4, 0.5) is 5.82 Å². The lowest BCUT2D eigenvalue weighted by atomic mass is 10.1. The van der Waals surface area contributed by atoms with Gasteiger partial charge in [-0.25, -0.2) is 15.0 Å². The topological polar surface area (TPSA) is 169 Å². The number of nitrogen functional groups attached to an aromatic ring is 1. The minimum atomic E-state index is -1.15. The van der Waals surface area contributed by atoms with E-state index >= 15 is 0 Å². The summed E-state index contributed by atoms with van der Waals surface area (Å²) in [6.07, 6.45) is -0.427. The lowest BCUT2D eigenvalue weighted by Gasteiger charge is -2.17. The van der Waals surface area contributed by atoms with Gasteiger partial charge in [-0.3, -0.25) is 9.36 Å². The number of ether oxygens (including phenoxy) is 1. The molecule has 2 aliphatic rings. The number of fused-ring (bicyclic) bond motifs is 1. The van der Waals surface area contributed by atoms with Crippen LogP contribution in [-0.4, -0.2) is 82.7 Å². The van der Waals surface area contributed by atoms with Gasteiger partial charge in [0.1, 0.15) is 30.1 Å². The molecule has 4 rings (SSSR count). The molecule has 0 unspecified atom stereocenters. The Morgan fingerprint density at radius 3 is 2.93 bits per heavy atom. The van der Waals surface area contributed by atoms with Crippen molar-refractivity contribution in [1.82, 2.24) is 24.8 Å². The maximum absolute atomic E-state index is 11.0. The molecule has 0 radical (unpaired) electrons. The van der Waals surface area contributed by atoms with Gasteiger partial charge in [0.15, 0.2) is 17.7 Å². The highest BCUT2D eigenvalue weighted by molar-refractivity contribution is 8.00. The summed E-state index contributed by atoms with van der Waals surface area (Å²) >= 11 is 1.52. The second-order valence-corrected chi connectivity index (χ2v) is 7.95. The number of imidazole rings is 1. The summed E-state index contributed by atoms with van der Waals surface area (Å²) in [5, 5.41) is 32.9. The first-order chi connectivity index (χ1) is 13.0. The zero-order valence-corrected chi connectivity index (χ0v) is 15.0. The molecule has 0 saturated carbocycles. The summed E-state index contributed by atoms with van der Waals surface area (Å²) in [6.45, 7) is 0.582. The zero-order valence-electron chi connectivity index (χ0n) is 14.2. The molecule has 2 saturated heterocycles. The molecule has 6 atom stereocenters. The van der Waals surface area contributed by atoms with Crippen LogP contribution in [0.2, 0.25) is 0 Å². The predicted molar refractivity (Wildman–Crippen MR) is 95.9 cm³/mol. The Balaban J connectivity index is 1.43. The van der Waals surface area contributed by atoms with E-state index in [1.54, 1.807) is 0 Å². The van der Waals surface area contributed by atoms with Gasteiger partial charge in [0, 0.05) is 17.5 Å². The summed E-state index contributed by atoms with van der Waals surface area (Å²) in [7, 11) is 0. The van der Waals surface area contributed by atoms with E-state index in [0.29, 0.717) is 29.9 Å². The van der Waals surface area contributed by atoms with E-state index in [9.17, 15) is 15.0 Å². The molecular weight excluding hydrogens is 376 g/mol. The summed E-state index contributed by atoms with van der Waals surface area (Å²) in [6, 6.07) is -0.544. The van der Waals surface area contributed by atoms with Gasteiger partial charge in [0.05, 0.1) is 12.4 Å². The van der Waals surface area contributed by atoms with Crippen LogP contribution in [0.5, 0.6) is 0 Å². The molecule has 2 aromatic rings. The van der Waals surface area contributed by atoms with Crippen LogP contribution in [0.3, 0.4) is 0 Å². The fourth-order valence-electron chi connectivity index (χ4n) is 3.40. The molecule has 2 aliphatic heterocycles. The number of anilines is 1. The Kier molecular flexibility index (Phi) is 4.90. The van der Waals surface area contributed by atoms with Crippen molar-refractivity contribution >= 4 is 34.7 Å². The third-order valence-electron chi connectivity index (χ3n) is 4.88. The third kappa shape index (κ3) is 3.34. The Morgan fingerprint density at radius 2 is 2.19 bits per heavy atom. The monoisotopic (exact) mass is 396 g/mol. The number of nitrogens with two attached hydrogens (primary N) is 1. The largest absolute Gasteiger partial charge is 0.480 e. The van der Waals surface area contributed by atoms with Crippen LogP contribution in [0.1, 0.15) is 12.6 Å². The van der Waals surface area contributed by atoms with E-state index in [-0.39, 0.29) is 11.1 Å². The number of aliphatic hydroxyl groups is 2. The molecule has 2 aromatic heterocycles. The number of nitrogens with one attached hydrogen (secondary N) is 1. The number of carboxylic acids is 1. The Labute approximate surface area is 157 Å². The molecule has 0 spiro atoms. The molecule has 4 heterocycles. The molecule has 6 N–H and O–H groups in total. The quantitative estimate of drug-likeness (QED) is 0.402. The zero-order chi connectivity index (χ0) is 19.1. The molecule has 0 aromatic carbocycles. The van der Waals surface area contributed by atoms with E-state index in [4.69, 9.17) is 15.6 Å². The molecule has 12 heteroatoms. The van der Waals surface area contributed by atoms with Crippen molar-refractivity contribution in [3.05, 3.63) is 12.7 Å². The van der Waals surface area contributed by atoms with Crippen LogP contribution in [0, 0.1) is 0 Å². The van der Waals surface area contributed by atoms with Crippen LogP contribution in [0.25, 0.3) is 11.2 Å². The lowest BCUT2D eigenvalue weighted by molar-refractivity contribution is -0.139. The summed E-state index contributed by atoms with van der Waals surface area (Å²) in [4.78, 5) is 23.2. The van der Waals surface area contributed by atoms with Gasteiger partial charge in [0.2, 0.25) is 0 Å². The number of aromatic nitrogens is 4. The second-order valence-electron chi connectivity index (χ2n) is 6.62. The maximum Gasteiger partial charge on any atom is 0.320 e. The van der Waals surface area contributed by atoms with Gasteiger partial charge >= 0.3 is 5.97 Å². The van der Waals surface area contributed by atoms with Crippen molar-refractivity contribution in [2.45, 2.75) is 42.3 Å². The van der Waals surface area contributed by atoms with Crippen LogP contribution in [0.15, 0.2) is 12.7 Å². The number of aliphatic hydroxyl groups excluding tert-OH is 2. The first-order valence-electron chi connectivity index (χ1n) is 8.48. The van der Waals surface area contributed by atoms with Crippen molar-refractivity contribution in [2.24, 2.45) is 0 Å². The van der Waals surface area contributed by atoms with Crippen molar-refractivity contribution in [3.63, 3.8) is 0 Å². The van der Waals surface area contributed by atoms with Gasteiger partial charge < -0.3 is 31.1 Å². The minimum Gasteiger partial charge on any atom is -0.480 e. The molecule has 0 amide bonds. The number of carbonyl (C=O) groups is 1. The highest BCUT2D eigenvalue weighted by Crippen LogP contribution is 2.34. The average Bonchev–Trinajstić information content (AvgIpc) is 3.34. The van der Waals surface area contributed by atoms with E-state index in [1.165, 1.54) is 29.0 Å². The Bertz CT molecular complexity index is 849. The number of nitrogens with zero attached hydrogens (tertiary/aromatic N) is 4. The van der Waals surface area contributed by atoms with Gasteiger partial charge in [-0.05, 0) is 6.42 Å². The average molecular weight is 396 g/mol.